The Morgan fingerprint density at radius 3 is 2.81 bits per heavy atom. The number of aromatic hydroxyl groups is 1. The Balaban J connectivity index is 1.51. The van der Waals surface area contributed by atoms with Gasteiger partial charge in [-0.15, -0.1) is 0 Å². The minimum Gasteiger partial charge on any atom is -0.508 e. The molecule has 0 radical (unpaired) electrons. The van der Waals surface area contributed by atoms with Crippen LogP contribution in [0.25, 0.3) is 0 Å². The van der Waals surface area contributed by atoms with Gasteiger partial charge in [-0.1, -0.05) is 24.3 Å². The predicted molar refractivity (Wildman–Crippen MR) is 102 cm³/mol. The highest BCUT2D eigenvalue weighted by Crippen LogP contribution is 2.30. The second kappa shape index (κ2) is 8.99. The minimum absolute atomic E-state index is 0.105. The van der Waals surface area contributed by atoms with E-state index in [4.69, 9.17) is 9.47 Å². The third-order valence-corrected chi connectivity index (χ3v) is 3.98. The number of fused-ring (bicyclic) bond motifs is 1. The number of para-hydroxylation sites is 2. The van der Waals surface area contributed by atoms with Crippen LogP contribution in [0, 0.1) is 0 Å². The fourth-order valence-corrected chi connectivity index (χ4v) is 2.73. The third-order valence-electron chi connectivity index (χ3n) is 3.98. The van der Waals surface area contributed by atoms with E-state index < -0.39 is 0 Å². The number of phenols is 1. The molecule has 1 unspecified atom stereocenters. The maximum absolute atomic E-state index is 9.52. The van der Waals surface area contributed by atoms with E-state index in [0.717, 1.165) is 42.5 Å². The maximum atomic E-state index is 9.52. The summed E-state index contributed by atoms with van der Waals surface area (Å²) in [6.45, 7) is 4.53. The number of hydrogen-bond donors (Lipinski definition) is 3. The largest absolute Gasteiger partial charge is 0.508 e. The van der Waals surface area contributed by atoms with Gasteiger partial charge in [0.05, 0.1) is 6.54 Å². The van der Waals surface area contributed by atoms with Gasteiger partial charge in [-0.3, -0.25) is 0 Å². The molecule has 1 heterocycles. The summed E-state index contributed by atoms with van der Waals surface area (Å²) in [4.78, 5) is 4.60. The van der Waals surface area contributed by atoms with E-state index in [9.17, 15) is 5.11 Å². The van der Waals surface area contributed by atoms with Crippen molar-refractivity contribution in [3.63, 3.8) is 0 Å². The zero-order valence-corrected chi connectivity index (χ0v) is 14.9. The molecule has 26 heavy (non-hydrogen) atoms. The van der Waals surface area contributed by atoms with E-state index in [1.54, 1.807) is 12.1 Å². The van der Waals surface area contributed by atoms with E-state index in [1.807, 2.05) is 43.3 Å². The van der Waals surface area contributed by atoms with E-state index in [2.05, 4.69) is 15.6 Å². The monoisotopic (exact) mass is 355 g/mol. The summed E-state index contributed by atoms with van der Waals surface area (Å²) < 4.78 is 11.7. The first-order valence-electron chi connectivity index (χ1n) is 8.93. The molecule has 1 aliphatic rings. The van der Waals surface area contributed by atoms with Crippen molar-refractivity contribution >= 4 is 5.96 Å². The van der Waals surface area contributed by atoms with Crippen LogP contribution in [0.5, 0.6) is 17.2 Å². The molecule has 0 aliphatic carbocycles. The van der Waals surface area contributed by atoms with E-state index in [0.29, 0.717) is 13.2 Å². The zero-order valence-electron chi connectivity index (χ0n) is 14.9. The lowest BCUT2D eigenvalue weighted by Crippen LogP contribution is -2.40. The standard InChI is InChI=1S/C20H25N3O3/c1-2-21-20(22-11-10-15-6-5-7-16(24)12-15)23-13-17-14-25-18-8-3-4-9-19(18)26-17/h3-9,12,17,24H,2,10-11,13-14H2,1H3,(H2,21,22,23). The summed E-state index contributed by atoms with van der Waals surface area (Å²) in [7, 11) is 0. The number of hydrogen-bond acceptors (Lipinski definition) is 4. The van der Waals surface area contributed by atoms with Crippen molar-refractivity contribution in [2.45, 2.75) is 19.4 Å². The molecule has 3 N–H and O–H groups in total. The Morgan fingerprint density at radius 1 is 1.15 bits per heavy atom. The van der Waals surface area contributed by atoms with E-state index in [-0.39, 0.29) is 11.9 Å². The molecule has 6 nitrogen and oxygen atoms in total. The summed E-state index contributed by atoms with van der Waals surface area (Å²) in [6.07, 6.45) is 0.696. The van der Waals surface area contributed by atoms with Crippen molar-refractivity contribution in [1.82, 2.24) is 10.6 Å². The molecule has 0 amide bonds. The van der Waals surface area contributed by atoms with Crippen molar-refractivity contribution in [2.24, 2.45) is 4.99 Å². The topological polar surface area (TPSA) is 75.1 Å². The van der Waals surface area contributed by atoms with Gasteiger partial charge in [0.15, 0.2) is 23.6 Å². The van der Waals surface area contributed by atoms with Crippen LogP contribution in [0.2, 0.25) is 0 Å². The van der Waals surface area contributed by atoms with Crippen LogP contribution in [0.3, 0.4) is 0 Å². The van der Waals surface area contributed by atoms with Gasteiger partial charge in [0.2, 0.25) is 0 Å². The fourth-order valence-electron chi connectivity index (χ4n) is 2.73. The predicted octanol–water partition coefficient (Wildman–Crippen LogP) is 2.33. The lowest BCUT2D eigenvalue weighted by molar-refractivity contribution is 0.0971. The molecule has 0 saturated heterocycles. The second-order valence-corrected chi connectivity index (χ2v) is 6.06. The summed E-state index contributed by atoms with van der Waals surface area (Å²) in [5, 5.41) is 16.1. The first-order valence-corrected chi connectivity index (χ1v) is 8.93. The van der Waals surface area contributed by atoms with Crippen molar-refractivity contribution in [3.05, 3.63) is 54.1 Å². The molecule has 2 aromatic rings. The molecule has 0 bridgehead atoms. The molecule has 0 saturated carbocycles. The number of rotatable bonds is 6. The average Bonchev–Trinajstić information content (AvgIpc) is 2.66. The van der Waals surface area contributed by atoms with E-state index in [1.165, 1.54) is 0 Å². The molecule has 6 heteroatoms. The molecule has 2 aromatic carbocycles. The van der Waals surface area contributed by atoms with Crippen LogP contribution >= 0.6 is 0 Å². The van der Waals surface area contributed by atoms with Crippen LogP contribution in [0.1, 0.15) is 12.5 Å². The van der Waals surface area contributed by atoms with Crippen LogP contribution < -0.4 is 20.1 Å². The van der Waals surface area contributed by atoms with E-state index >= 15 is 0 Å². The molecular weight excluding hydrogens is 330 g/mol. The maximum Gasteiger partial charge on any atom is 0.191 e. The fraction of sp³-hybridized carbons (Fsp3) is 0.350. The van der Waals surface area contributed by atoms with Crippen LogP contribution in [-0.4, -0.2) is 43.4 Å². The molecule has 0 spiro atoms. The highest BCUT2D eigenvalue weighted by Gasteiger charge is 2.20. The SMILES string of the molecule is CCNC(=NCC1COc2ccccc2O1)NCCc1cccc(O)c1. The van der Waals surface area contributed by atoms with Crippen LogP contribution in [0.15, 0.2) is 53.5 Å². The zero-order chi connectivity index (χ0) is 18.2. The van der Waals surface area contributed by atoms with Crippen molar-refractivity contribution < 1.29 is 14.6 Å². The number of benzene rings is 2. The number of guanidine groups is 1. The molecule has 1 atom stereocenters. The quantitative estimate of drug-likeness (QED) is 0.548. The van der Waals surface area contributed by atoms with Gasteiger partial charge in [0, 0.05) is 13.1 Å². The first-order chi connectivity index (χ1) is 12.7. The molecule has 3 rings (SSSR count). The van der Waals surface area contributed by atoms with Gasteiger partial charge < -0.3 is 25.2 Å². The van der Waals surface area contributed by atoms with Gasteiger partial charge in [-0.05, 0) is 43.2 Å². The molecule has 0 aromatic heterocycles. The molecular formula is C20H25N3O3. The summed E-state index contributed by atoms with van der Waals surface area (Å²) >= 11 is 0. The smallest absolute Gasteiger partial charge is 0.191 e. The third kappa shape index (κ3) is 5.05. The molecule has 0 fully saturated rings. The van der Waals surface area contributed by atoms with Gasteiger partial charge in [-0.25, -0.2) is 4.99 Å². The Bertz CT molecular complexity index is 749. The lowest BCUT2D eigenvalue weighted by atomic mass is 10.1. The second-order valence-electron chi connectivity index (χ2n) is 6.06. The van der Waals surface area contributed by atoms with Crippen molar-refractivity contribution in [2.75, 3.05) is 26.2 Å². The Morgan fingerprint density at radius 2 is 2.00 bits per heavy atom. The van der Waals surface area contributed by atoms with Gasteiger partial charge in [-0.2, -0.15) is 0 Å². The molecule has 1 aliphatic heterocycles. The Kier molecular flexibility index (Phi) is 6.19. The highest BCUT2D eigenvalue weighted by molar-refractivity contribution is 5.79. The summed E-state index contributed by atoms with van der Waals surface area (Å²) in [5.41, 5.74) is 1.08. The number of aliphatic imine (C=N–C) groups is 1. The van der Waals surface area contributed by atoms with Crippen molar-refractivity contribution in [3.8, 4) is 17.2 Å². The normalized spacial score (nSPS) is 16.2. The van der Waals surface area contributed by atoms with Crippen LogP contribution in [-0.2, 0) is 6.42 Å². The number of nitrogens with zero attached hydrogens (tertiary/aromatic N) is 1. The number of nitrogens with one attached hydrogen (secondary N) is 2. The van der Waals surface area contributed by atoms with Crippen molar-refractivity contribution in [1.29, 1.82) is 0 Å². The lowest BCUT2D eigenvalue weighted by Gasteiger charge is -2.25. The van der Waals surface area contributed by atoms with Gasteiger partial charge in [0.1, 0.15) is 12.4 Å². The Labute approximate surface area is 153 Å². The Hall–Kier alpha value is -2.89. The molecule has 138 valence electrons. The number of phenolic OH excluding ortho intramolecular Hbond substituents is 1. The summed E-state index contributed by atoms with van der Waals surface area (Å²) in [5.74, 6) is 2.58. The van der Waals surface area contributed by atoms with Crippen LogP contribution in [0.4, 0.5) is 0 Å². The first kappa shape index (κ1) is 17.9. The number of ether oxygens (including phenoxy) is 2. The average molecular weight is 355 g/mol. The van der Waals surface area contributed by atoms with Gasteiger partial charge in [0.25, 0.3) is 0 Å². The summed E-state index contributed by atoms with van der Waals surface area (Å²) in [6, 6.07) is 15.0. The van der Waals surface area contributed by atoms with Gasteiger partial charge >= 0.3 is 0 Å². The minimum atomic E-state index is -0.105. The highest BCUT2D eigenvalue weighted by atomic mass is 16.6.